The van der Waals surface area contributed by atoms with Gasteiger partial charge in [0.05, 0.1) is 11.0 Å². The number of hydrogen-bond acceptors (Lipinski definition) is 7. The number of carbonyl (C=O) groups is 2. The number of thiazole rings is 1. The minimum Gasteiger partial charge on any atom is -0.393 e. The second-order valence-electron chi connectivity index (χ2n) is 10.4. The molecule has 2 aromatic rings. The van der Waals surface area contributed by atoms with Gasteiger partial charge in [-0.1, -0.05) is 0 Å². The highest BCUT2D eigenvalue weighted by Crippen LogP contribution is 2.42. The van der Waals surface area contributed by atoms with Crippen molar-refractivity contribution in [2.24, 2.45) is 0 Å². The summed E-state index contributed by atoms with van der Waals surface area (Å²) in [7, 11) is 0. The average molecular weight is 574 g/mol. The van der Waals surface area contributed by atoms with E-state index in [2.05, 4.69) is 20.6 Å². The van der Waals surface area contributed by atoms with Crippen molar-refractivity contribution in [3.05, 3.63) is 28.5 Å². The molecular weight excluding hydrogens is 545 g/mol. The lowest BCUT2D eigenvalue weighted by Gasteiger charge is -2.22. The van der Waals surface area contributed by atoms with E-state index in [1.54, 1.807) is 4.90 Å². The SMILES string of the molecule is C[C@H](Nc1cc(C(F)F)c(-c2sc(C(=O)N[C@H]3CC[C@H](O)C3)nc2C(=O)N2[C@H]3CC[C@@H]2CC3)cn1)C(F)(F)F. The standard InChI is InChI=1S/C25H28F5N5O3S/c1-11(25(28,29)30)32-18-9-16(21(26)27)17(10-31-18)20-19(24(38)35-13-3-4-14(35)6-5-13)34-23(39-20)22(37)33-12-2-7-15(36)8-12/h9-15,21,36H,2-8H2,1H3,(H,31,32)(H,33,37)/t11-,12-,13-,14+,15-/m0/s1. The number of halogens is 5. The number of aromatic nitrogens is 2. The van der Waals surface area contributed by atoms with Crippen molar-refractivity contribution >= 4 is 29.0 Å². The number of pyridine rings is 1. The van der Waals surface area contributed by atoms with Crippen molar-refractivity contribution in [3.8, 4) is 10.4 Å². The van der Waals surface area contributed by atoms with Gasteiger partial charge in [0.15, 0.2) is 5.01 Å². The predicted octanol–water partition coefficient (Wildman–Crippen LogP) is 4.92. The Balaban J connectivity index is 1.52. The Morgan fingerprint density at radius 2 is 1.79 bits per heavy atom. The molecule has 0 unspecified atom stereocenters. The van der Waals surface area contributed by atoms with Crippen LogP contribution < -0.4 is 10.6 Å². The molecule has 4 heterocycles. The summed E-state index contributed by atoms with van der Waals surface area (Å²) in [4.78, 5) is 36.7. The first-order valence-corrected chi connectivity index (χ1v) is 13.7. The number of nitrogens with zero attached hydrogens (tertiary/aromatic N) is 3. The van der Waals surface area contributed by atoms with E-state index in [0.717, 1.165) is 56.2 Å². The summed E-state index contributed by atoms with van der Waals surface area (Å²) >= 11 is 0.764. The molecule has 1 aliphatic carbocycles. The minimum absolute atomic E-state index is 0.0115. The van der Waals surface area contributed by atoms with Crippen LogP contribution in [0, 0.1) is 0 Å². The number of amides is 2. The molecule has 14 heteroatoms. The summed E-state index contributed by atoms with van der Waals surface area (Å²) in [5, 5.41) is 14.5. The van der Waals surface area contributed by atoms with Crippen LogP contribution in [0.15, 0.2) is 12.3 Å². The van der Waals surface area contributed by atoms with Gasteiger partial charge in [0.1, 0.15) is 17.6 Å². The lowest BCUT2D eigenvalue weighted by molar-refractivity contribution is -0.138. The van der Waals surface area contributed by atoms with E-state index in [-0.39, 0.29) is 39.3 Å². The fraction of sp³-hybridized carbons (Fsp3) is 0.600. The van der Waals surface area contributed by atoms with E-state index in [1.165, 1.54) is 0 Å². The molecule has 3 atom stereocenters. The summed E-state index contributed by atoms with van der Waals surface area (Å²) in [6.45, 7) is 0.843. The number of aliphatic hydroxyl groups excluding tert-OH is 1. The first-order valence-electron chi connectivity index (χ1n) is 12.9. The molecule has 3 aliphatic rings. The molecule has 5 rings (SSSR count). The van der Waals surface area contributed by atoms with Crippen molar-refractivity contribution in [3.63, 3.8) is 0 Å². The fourth-order valence-corrected chi connectivity index (χ4v) is 6.66. The van der Waals surface area contributed by atoms with Gasteiger partial charge in [-0.05, 0) is 57.9 Å². The highest BCUT2D eigenvalue weighted by atomic mass is 32.1. The first kappa shape index (κ1) is 27.7. The van der Waals surface area contributed by atoms with Crippen molar-refractivity contribution < 1.29 is 36.6 Å². The Labute approximate surface area is 225 Å². The van der Waals surface area contributed by atoms with Crippen LogP contribution in [0.3, 0.4) is 0 Å². The van der Waals surface area contributed by atoms with Gasteiger partial charge in [-0.15, -0.1) is 11.3 Å². The number of anilines is 1. The van der Waals surface area contributed by atoms with E-state index >= 15 is 0 Å². The fourth-order valence-electron chi connectivity index (χ4n) is 5.67. The lowest BCUT2D eigenvalue weighted by atomic mass is 10.0. The zero-order valence-corrected chi connectivity index (χ0v) is 21.8. The van der Waals surface area contributed by atoms with Crippen LogP contribution in [0.2, 0.25) is 0 Å². The largest absolute Gasteiger partial charge is 0.408 e. The van der Waals surface area contributed by atoms with Gasteiger partial charge in [-0.2, -0.15) is 13.2 Å². The van der Waals surface area contributed by atoms with Crippen LogP contribution in [-0.4, -0.2) is 68.2 Å². The normalized spacial score (nSPS) is 25.4. The molecule has 212 valence electrons. The van der Waals surface area contributed by atoms with E-state index in [4.69, 9.17) is 0 Å². The number of rotatable bonds is 7. The molecule has 2 bridgehead atoms. The molecule has 2 aromatic heterocycles. The second kappa shape index (κ2) is 10.6. The average Bonchev–Trinajstić information content (AvgIpc) is 3.67. The van der Waals surface area contributed by atoms with E-state index in [0.29, 0.717) is 19.3 Å². The van der Waals surface area contributed by atoms with Gasteiger partial charge >= 0.3 is 6.18 Å². The number of aliphatic hydroxyl groups is 1. The predicted molar refractivity (Wildman–Crippen MR) is 133 cm³/mol. The number of alkyl halides is 5. The second-order valence-corrected chi connectivity index (χ2v) is 11.4. The van der Waals surface area contributed by atoms with Crippen LogP contribution in [-0.2, 0) is 0 Å². The Morgan fingerprint density at radius 3 is 2.36 bits per heavy atom. The Morgan fingerprint density at radius 1 is 1.13 bits per heavy atom. The molecule has 2 amide bonds. The molecule has 0 spiro atoms. The Bertz CT molecular complexity index is 1240. The minimum atomic E-state index is -4.62. The third-order valence-corrected chi connectivity index (χ3v) is 8.81. The van der Waals surface area contributed by atoms with Crippen molar-refractivity contribution in [1.29, 1.82) is 0 Å². The quantitative estimate of drug-likeness (QED) is 0.406. The van der Waals surface area contributed by atoms with Gasteiger partial charge in [0, 0.05) is 35.4 Å². The molecule has 1 saturated carbocycles. The first-order chi connectivity index (χ1) is 18.4. The van der Waals surface area contributed by atoms with Crippen molar-refractivity contribution in [1.82, 2.24) is 20.2 Å². The van der Waals surface area contributed by atoms with Gasteiger partial charge in [-0.25, -0.2) is 18.7 Å². The van der Waals surface area contributed by atoms with E-state index in [1.807, 2.05) is 0 Å². The van der Waals surface area contributed by atoms with Gasteiger partial charge in [-0.3, -0.25) is 9.59 Å². The molecule has 39 heavy (non-hydrogen) atoms. The Hall–Kier alpha value is -2.87. The van der Waals surface area contributed by atoms with Gasteiger partial charge in [0.2, 0.25) is 0 Å². The van der Waals surface area contributed by atoms with Gasteiger partial charge in [0.25, 0.3) is 18.2 Å². The van der Waals surface area contributed by atoms with Crippen molar-refractivity contribution in [2.45, 2.75) is 94.7 Å². The van der Waals surface area contributed by atoms with Gasteiger partial charge < -0.3 is 20.6 Å². The summed E-state index contributed by atoms with van der Waals surface area (Å²) < 4.78 is 67.4. The molecule has 2 aliphatic heterocycles. The molecular formula is C25H28F5N5O3S. The smallest absolute Gasteiger partial charge is 0.393 e. The number of nitrogens with one attached hydrogen (secondary N) is 2. The van der Waals surface area contributed by atoms with Crippen molar-refractivity contribution in [2.75, 3.05) is 5.32 Å². The summed E-state index contributed by atoms with van der Waals surface area (Å²) in [6, 6.07) is -1.46. The zero-order valence-electron chi connectivity index (χ0n) is 21.0. The highest BCUT2D eigenvalue weighted by molar-refractivity contribution is 7.17. The molecule has 2 saturated heterocycles. The number of fused-ring (bicyclic) bond motifs is 2. The molecule has 0 aromatic carbocycles. The summed E-state index contributed by atoms with van der Waals surface area (Å²) in [5.74, 6) is -1.45. The molecule has 0 radical (unpaired) electrons. The maximum absolute atomic E-state index is 14.2. The monoisotopic (exact) mass is 573 g/mol. The topological polar surface area (TPSA) is 107 Å². The maximum Gasteiger partial charge on any atom is 0.408 e. The number of hydrogen-bond donors (Lipinski definition) is 3. The molecule has 8 nitrogen and oxygen atoms in total. The van der Waals surface area contributed by atoms with Crippen LogP contribution in [0.25, 0.3) is 10.4 Å². The third-order valence-electron chi connectivity index (χ3n) is 7.72. The summed E-state index contributed by atoms with van der Waals surface area (Å²) in [6.07, 6.45) is -2.47. The van der Waals surface area contributed by atoms with E-state index < -0.39 is 47.9 Å². The highest BCUT2D eigenvalue weighted by Gasteiger charge is 2.44. The zero-order chi connectivity index (χ0) is 28.1. The lowest BCUT2D eigenvalue weighted by Crippen LogP contribution is -2.36. The van der Waals surface area contributed by atoms with Crippen LogP contribution in [0.1, 0.15) is 84.1 Å². The number of carbonyl (C=O) groups excluding carboxylic acids is 2. The van der Waals surface area contributed by atoms with Crippen LogP contribution >= 0.6 is 11.3 Å². The van der Waals surface area contributed by atoms with Crippen LogP contribution in [0.5, 0.6) is 0 Å². The third kappa shape index (κ3) is 5.58. The molecule has 3 N–H and O–H groups in total. The Kier molecular flexibility index (Phi) is 7.53. The van der Waals surface area contributed by atoms with Crippen LogP contribution in [0.4, 0.5) is 27.8 Å². The van der Waals surface area contributed by atoms with E-state index in [9.17, 15) is 36.6 Å². The molecule has 3 fully saturated rings. The summed E-state index contributed by atoms with van der Waals surface area (Å²) in [5.41, 5.74) is -0.948. The maximum atomic E-state index is 14.2.